The third kappa shape index (κ3) is 2.78. The Morgan fingerprint density at radius 3 is 2.85 bits per heavy atom. The van der Waals surface area contributed by atoms with Crippen LogP contribution in [-0.4, -0.2) is 22.6 Å². The maximum atomic E-state index is 10.9. The average molecular weight is 224 g/mol. The third-order valence-electron chi connectivity index (χ3n) is 1.11. The van der Waals surface area contributed by atoms with Crippen molar-refractivity contribution in [3.05, 3.63) is 10.3 Å². The summed E-state index contributed by atoms with van der Waals surface area (Å²) in [6.07, 6.45) is -0.607. The fourth-order valence-electron chi connectivity index (χ4n) is 0.628. The van der Waals surface area contributed by atoms with Gasteiger partial charge in [-0.05, 0) is 6.92 Å². The van der Waals surface area contributed by atoms with Crippen LogP contribution in [0.3, 0.4) is 0 Å². The Morgan fingerprint density at radius 1 is 1.69 bits per heavy atom. The standard InChI is InChI=1S/C6H7Cl2N3O2/c1-2-9-6(12)13-5-10-3(7)4(8)11-5/h2H2,1H3,(H,9,12)(H,10,11). The molecule has 1 heterocycles. The normalized spacial score (nSPS) is 9.77. The number of halogens is 2. The molecule has 0 fully saturated rings. The zero-order valence-electron chi connectivity index (χ0n) is 6.73. The number of hydrogen-bond donors (Lipinski definition) is 2. The number of hydrogen-bond acceptors (Lipinski definition) is 3. The summed E-state index contributed by atoms with van der Waals surface area (Å²) in [6, 6.07) is -0.0269. The summed E-state index contributed by atoms with van der Waals surface area (Å²) in [4.78, 5) is 17.0. The number of carbonyl (C=O) groups excluding carboxylic acids is 1. The second-order valence-corrected chi connectivity index (χ2v) is 2.80. The van der Waals surface area contributed by atoms with E-state index in [1.807, 2.05) is 0 Å². The number of nitrogens with zero attached hydrogens (tertiary/aromatic N) is 1. The predicted octanol–water partition coefficient (Wildman–Crippen LogP) is 1.82. The second-order valence-electron chi connectivity index (χ2n) is 2.07. The van der Waals surface area contributed by atoms with Crippen molar-refractivity contribution < 1.29 is 9.53 Å². The lowest BCUT2D eigenvalue weighted by Crippen LogP contribution is -2.26. The third-order valence-corrected chi connectivity index (χ3v) is 1.75. The molecule has 0 unspecified atom stereocenters. The lowest BCUT2D eigenvalue weighted by Gasteiger charge is -1.99. The highest BCUT2D eigenvalue weighted by atomic mass is 35.5. The van der Waals surface area contributed by atoms with E-state index in [0.29, 0.717) is 6.54 Å². The van der Waals surface area contributed by atoms with Crippen LogP contribution in [0.1, 0.15) is 6.92 Å². The van der Waals surface area contributed by atoms with Crippen LogP contribution in [0.2, 0.25) is 10.3 Å². The van der Waals surface area contributed by atoms with E-state index in [4.69, 9.17) is 23.2 Å². The van der Waals surface area contributed by atoms with Gasteiger partial charge in [0.1, 0.15) is 5.15 Å². The zero-order valence-corrected chi connectivity index (χ0v) is 8.24. The summed E-state index contributed by atoms with van der Waals surface area (Å²) >= 11 is 11.0. The summed E-state index contributed by atoms with van der Waals surface area (Å²) in [5.74, 6) is 0. The fraction of sp³-hybridized carbons (Fsp3) is 0.333. The molecule has 0 saturated carbocycles. The van der Waals surface area contributed by atoms with Gasteiger partial charge in [-0.3, -0.25) is 4.98 Å². The number of ether oxygens (including phenoxy) is 1. The molecule has 0 aliphatic rings. The monoisotopic (exact) mass is 223 g/mol. The van der Waals surface area contributed by atoms with E-state index in [0.717, 1.165) is 0 Å². The number of rotatable bonds is 2. The van der Waals surface area contributed by atoms with Crippen molar-refractivity contribution in [2.45, 2.75) is 6.92 Å². The first kappa shape index (κ1) is 10.1. The van der Waals surface area contributed by atoms with Gasteiger partial charge in [-0.25, -0.2) is 4.79 Å². The minimum absolute atomic E-state index is 0.0269. The van der Waals surface area contributed by atoms with Gasteiger partial charge in [-0.2, -0.15) is 4.98 Å². The number of aromatic amines is 1. The number of H-pyrrole nitrogens is 1. The van der Waals surface area contributed by atoms with E-state index in [2.05, 4.69) is 20.0 Å². The van der Waals surface area contributed by atoms with Gasteiger partial charge in [0.2, 0.25) is 0 Å². The Morgan fingerprint density at radius 2 is 2.38 bits per heavy atom. The summed E-state index contributed by atoms with van der Waals surface area (Å²) in [5, 5.41) is 2.63. The molecule has 13 heavy (non-hydrogen) atoms. The van der Waals surface area contributed by atoms with Crippen molar-refractivity contribution >= 4 is 29.3 Å². The van der Waals surface area contributed by atoms with Crippen LogP contribution in [0.5, 0.6) is 6.01 Å². The van der Waals surface area contributed by atoms with Crippen molar-refractivity contribution in [2.24, 2.45) is 0 Å². The van der Waals surface area contributed by atoms with E-state index in [1.54, 1.807) is 6.92 Å². The molecule has 0 aromatic carbocycles. The molecular weight excluding hydrogens is 217 g/mol. The molecule has 1 aromatic heterocycles. The van der Waals surface area contributed by atoms with Gasteiger partial charge in [-0.1, -0.05) is 23.2 Å². The Bertz CT molecular complexity index is 293. The molecule has 0 aliphatic heterocycles. The van der Waals surface area contributed by atoms with Crippen molar-refractivity contribution in [2.75, 3.05) is 6.54 Å². The van der Waals surface area contributed by atoms with Crippen molar-refractivity contribution in [3.63, 3.8) is 0 Å². The van der Waals surface area contributed by atoms with Crippen LogP contribution < -0.4 is 10.1 Å². The van der Waals surface area contributed by atoms with Gasteiger partial charge in [0, 0.05) is 6.54 Å². The van der Waals surface area contributed by atoms with Gasteiger partial charge < -0.3 is 10.1 Å². The fourth-order valence-corrected chi connectivity index (χ4v) is 0.875. The van der Waals surface area contributed by atoms with Gasteiger partial charge in [-0.15, -0.1) is 0 Å². The summed E-state index contributed by atoms with van der Waals surface area (Å²) in [6.45, 7) is 2.24. The smallest absolute Gasteiger partial charge is 0.375 e. The number of carbonyl (C=O) groups is 1. The lowest BCUT2D eigenvalue weighted by atomic mass is 10.8. The molecule has 0 spiro atoms. The van der Waals surface area contributed by atoms with Crippen molar-refractivity contribution in [1.82, 2.24) is 15.3 Å². The van der Waals surface area contributed by atoms with Crippen LogP contribution in [0.4, 0.5) is 4.79 Å². The SMILES string of the molecule is CCNC(=O)Oc1nc(Cl)c(Cl)[nH]1. The first-order valence-corrected chi connectivity index (χ1v) is 4.25. The van der Waals surface area contributed by atoms with E-state index in [-0.39, 0.29) is 16.3 Å². The largest absolute Gasteiger partial charge is 0.415 e. The van der Waals surface area contributed by atoms with E-state index in [1.165, 1.54) is 0 Å². The first-order valence-electron chi connectivity index (χ1n) is 3.50. The van der Waals surface area contributed by atoms with Crippen molar-refractivity contribution in [1.29, 1.82) is 0 Å². The maximum Gasteiger partial charge on any atom is 0.415 e. The van der Waals surface area contributed by atoms with Crippen LogP contribution >= 0.6 is 23.2 Å². The second kappa shape index (κ2) is 4.34. The van der Waals surface area contributed by atoms with Crippen LogP contribution in [0.25, 0.3) is 0 Å². The highest BCUT2D eigenvalue weighted by Gasteiger charge is 2.09. The average Bonchev–Trinajstić information content (AvgIpc) is 2.31. The quantitative estimate of drug-likeness (QED) is 0.805. The number of amides is 1. The number of aromatic nitrogens is 2. The highest BCUT2D eigenvalue weighted by molar-refractivity contribution is 6.40. The molecule has 72 valence electrons. The molecule has 5 nitrogen and oxygen atoms in total. The Balaban J connectivity index is 2.59. The molecule has 0 radical (unpaired) electrons. The van der Waals surface area contributed by atoms with Crippen LogP contribution in [0.15, 0.2) is 0 Å². The number of nitrogens with one attached hydrogen (secondary N) is 2. The van der Waals surface area contributed by atoms with E-state index < -0.39 is 6.09 Å². The Hall–Kier alpha value is -0.940. The van der Waals surface area contributed by atoms with Gasteiger partial charge in [0.05, 0.1) is 0 Å². The van der Waals surface area contributed by atoms with Gasteiger partial charge in [0.15, 0.2) is 5.15 Å². The zero-order chi connectivity index (χ0) is 9.84. The van der Waals surface area contributed by atoms with Crippen molar-refractivity contribution in [3.8, 4) is 6.01 Å². The lowest BCUT2D eigenvalue weighted by molar-refractivity contribution is 0.197. The van der Waals surface area contributed by atoms with Crippen LogP contribution in [-0.2, 0) is 0 Å². The molecule has 0 bridgehead atoms. The van der Waals surface area contributed by atoms with E-state index >= 15 is 0 Å². The minimum atomic E-state index is -0.607. The summed E-state index contributed by atoms with van der Waals surface area (Å²) in [7, 11) is 0. The molecule has 0 saturated heterocycles. The summed E-state index contributed by atoms with van der Waals surface area (Å²) < 4.78 is 4.67. The molecule has 1 amide bonds. The Labute approximate surface area is 84.4 Å². The van der Waals surface area contributed by atoms with Gasteiger partial charge in [0.25, 0.3) is 0 Å². The van der Waals surface area contributed by atoms with Gasteiger partial charge >= 0.3 is 12.1 Å². The summed E-state index contributed by atoms with van der Waals surface area (Å²) in [5.41, 5.74) is 0. The molecule has 2 N–H and O–H groups in total. The minimum Gasteiger partial charge on any atom is -0.375 e. The topological polar surface area (TPSA) is 67.0 Å². The molecule has 0 aliphatic carbocycles. The predicted molar refractivity (Wildman–Crippen MR) is 48.3 cm³/mol. The molecule has 1 rings (SSSR count). The van der Waals surface area contributed by atoms with E-state index in [9.17, 15) is 4.79 Å². The molecule has 0 atom stereocenters. The highest BCUT2D eigenvalue weighted by Crippen LogP contribution is 2.21. The number of imidazole rings is 1. The molecular formula is C6H7Cl2N3O2. The van der Waals surface area contributed by atoms with Crippen LogP contribution in [0, 0.1) is 0 Å². The molecule has 1 aromatic rings. The molecule has 7 heteroatoms. The maximum absolute atomic E-state index is 10.9. The Kier molecular flexibility index (Phi) is 3.39. The first-order chi connectivity index (χ1) is 6.13.